The Morgan fingerprint density at radius 2 is 1.47 bits per heavy atom. The van der Waals surface area contributed by atoms with E-state index >= 15 is 0 Å². The second-order valence-corrected chi connectivity index (χ2v) is 6.86. The van der Waals surface area contributed by atoms with Crippen molar-refractivity contribution in [1.29, 1.82) is 0 Å². The van der Waals surface area contributed by atoms with Crippen molar-refractivity contribution in [3.05, 3.63) is 29.8 Å². The summed E-state index contributed by atoms with van der Waals surface area (Å²) in [5.41, 5.74) is 0.543. The van der Waals surface area contributed by atoms with Crippen LogP contribution in [0.4, 0.5) is 0 Å². The van der Waals surface area contributed by atoms with Gasteiger partial charge < -0.3 is 9.84 Å². The van der Waals surface area contributed by atoms with Crippen LogP contribution in [-0.2, 0) is 5.60 Å². The Hall–Kier alpha value is -1.02. The van der Waals surface area contributed by atoms with Gasteiger partial charge in [-0.15, -0.1) is 0 Å². The van der Waals surface area contributed by atoms with Crippen molar-refractivity contribution >= 4 is 0 Å². The van der Waals surface area contributed by atoms with Gasteiger partial charge in [0, 0.05) is 0 Å². The highest BCUT2D eigenvalue weighted by molar-refractivity contribution is 5.33. The second kappa shape index (κ2) is 3.99. The molecule has 0 unspecified atom stereocenters. The molecule has 0 radical (unpaired) electrons. The molecule has 0 heterocycles. The Morgan fingerprint density at radius 3 is 1.95 bits per heavy atom. The molecule has 4 aliphatic rings. The predicted octanol–water partition coefficient (Wildman–Crippen LogP) is 3.34. The molecule has 1 aromatic carbocycles. The first-order valence-corrected chi connectivity index (χ1v) is 7.57. The summed E-state index contributed by atoms with van der Waals surface area (Å²) in [5, 5.41) is 11.4. The highest BCUT2D eigenvalue weighted by Gasteiger charge is 2.57. The average Bonchev–Trinajstić information content (AvgIpc) is 2.44. The molecule has 4 fully saturated rings. The van der Waals surface area contributed by atoms with Crippen molar-refractivity contribution in [2.75, 3.05) is 7.11 Å². The third-order valence-electron chi connectivity index (χ3n) is 5.94. The molecule has 1 aromatic rings. The molecule has 4 aliphatic carbocycles. The van der Waals surface area contributed by atoms with Crippen LogP contribution in [0.5, 0.6) is 5.75 Å². The number of aliphatic hydroxyl groups is 1. The van der Waals surface area contributed by atoms with Crippen molar-refractivity contribution < 1.29 is 9.84 Å². The molecule has 0 aliphatic heterocycles. The molecule has 0 saturated heterocycles. The minimum absolute atomic E-state index is 0.483. The molecular formula is C17H22O2. The van der Waals surface area contributed by atoms with Gasteiger partial charge in [-0.2, -0.15) is 0 Å². The van der Waals surface area contributed by atoms with Crippen molar-refractivity contribution in [2.24, 2.45) is 23.7 Å². The minimum Gasteiger partial charge on any atom is -0.497 e. The Morgan fingerprint density at radius 1 is 0.947 bits per heavy atom. The van der Waals surface area contributed by atoms with Gasteiger partial charge in [0.25, 0.3) is 0 Å². The molecular weight excluding hydrogens is 236 g/mol. The first-order valence-electron chi connectivity index (χ1n) is 7.57. The number of hydrogen-bond donors (Lipinski definition) is 1. The van der Waals surface area contributed by atoms with E-state index < -0.39 is 5.60 Å². The van der Waals surface area contributed by atoms with E-state index in [-0.39, 0.29) is 0 Å². The van der Waals surface area contributed by atoms with E-state index in [0.29, 0.717) is 11.8 Å². The van der Waals surface area contributed by atoms with Gasteiger partial charge in [0.15, 0.2) is 0 Å². The Labute approximate surface area is 114 Å². The van der Waals surface area contributed by atoms with Crippen LogP contribution in [0.2, 0.25) is 0 Å². The van der Waals surface area contributed by atoms with Crippen molar-refractivity contribution in [3.63, 3.8) is 0 Å². The lowest BCUT2D eigenvalue weighted by Crippen LogP contribution is -2.55. The van der Waals surface area contributed by atoms with Crippen LogP contribution in [-0.4, -0.2) is 12.2 Å². The molecule has 2 nitrogen and oxygen atoms in total. The molecule has 5 rings (SSSR count). The summed E-state index contributed by atoms with van der Waals surface area (Å²) in [5.74, 6) is 3.62. The summed E-state index contributed by atoms with van der Waals surface area (Å²) in [7, 11) is 1.69. The molecule has 0 aromatic heterocycles. The second-order valence-electron chi connectivity index (χ2n) is 6.86. The topological polar surface area (TPSA) is 29.5 Å². The molecule has 19 heavy (non-hydrogen) atoms. The van der Waals surface area contributed by atoms with Crippen LogP contribution in [0.25, 0.3) is 0 Å². The van der Waals surface area contributed by atoms with Crippen molar-refractivity contribution in [1.82, 2.24) is 0 Å². The van der Waals surface area contributed by atoms with Gasteiger partial charge in [0.1, 0.15) is 5.75 Å². The summed E-state index contributed by atoms with van der Waals surface area (Å²) < 4.78 is 5.23. The summed E-state index contributed by atoms with van der Waals surface area (Å²) in [4.78, 5) is 0. The monoisotopic (exact) mass is 258 g/mol. The summed E-state index contributed by atoms with van der Waals surface area (Å²) in [6.45, 7) is 0. The van der Waals surface area contributed by atoms with Crippen LogP contribution >= 0.6 is 0 Å². The maximum atomic E-state index is 11.4. The Bertz CT molecular complexity index is 449. The van der Waals surface area contributed by atoms with Gasteiger partial charge in [-0.3, -0.25) is 0 Å². The first kappa shape index (κ1) is 11.8. The van der Waals surface area contributed by atoms with E-state index in [2.05, 4.69) is 12.1 Å². The van der Waals surface area contributed by atoms with Crippen molar-refractivity contribution in [2.45, 2.75) is 37.7 Å². The van der Waals surface area contributed by atoms with E-state index in [1.165, 1.54) is 32.1 Å². The number of methoxy groups -OCH3 is 1. The van der Waals surface area contributed by atoms with E-state index in [9.17, 15) is 5.11 Å². The lowest BCUT2D eigenvalue weighted by atomic mass is 9.48. The zero-order valence-corrected chi connectivity index (χ0v) is 11.5. The Balaban J connectivity index is 1.72. The lowest BCUT2D eigenvalue weighted by Gasteiger charge is -2.59. The first-order chi connectivity index (χ1) is 9.20. The van der Waals surface area contributed by atoms with Crippen LogP contribution in [0, 0.1) is 23.7 Å². The zero-order valence-electron chi connectivity index (χ0n) is 11.5. The van der Waals surface area contributed by atoms with E-state index in [4.69, 9.17) is 4.74 Å². The predicted molar refractivity (Wildman–Crippen MR) is 73.9 cm³/mol. The van der Waals surface area contributed by atoms with Crippen LogP contribution < -0.4 is 4.74 Å². The maximum absolute atomic E-state index is 11.4. The third kappa shape index (κ3) is 1.59. The highest BCUT2D eigenvalue weighted by Crippen LogP contribution is 2.61. The number of hydrogen-bond acceptors (Lipinski definition) is 2. The van der Waals surface area contributed by atoms with Gasteiger partial charge in [0.05, 0.1) is 12.7 Å². The van der Waals surface area contributed by atoms with Crippen LogP contribution in [0.15, 0.2) is 24.3 Å². The molecule has 2 heteroatoms. The van der Waals surface area contributed by atoms with Gasteiger partial charge in [0.2, 0.25) is 0 Å². The van der Waals surface area contributed by atoms with Gasteiger partial charge in [-0.25, -0.2) is 0 Å². The van der Waals surface area contributed by atoms with E-state index in [1.54, 1.807) is 7.11 Å². The van der Waals surface area contributed by atoms with Gasteiger partial charge in [-0.1, -0.05) is 12.1 Å². The molecule has 0 spiro atoms. The van der Waals surface area contributed by atoms with E-state index in [0.717, 1.165) is 23.1 Å². The maximum Gasteiger partial charge on any atom is 0.118 e. The molecule has 4 bridgehead atoms. The highest BCUT2D eigenvalue weighted by atomic mass is 16.5. The number of benzene rings is 1. The van der Waals surface area contributed by atoms with Crippen LogP contribution in [0.3, 0.4) is 0 Å². The quantitative estimate of drug-likeness (QED) is 0.881. The molecule has 1 N–H and O–H groups in total. The third-order valence-corrected chi connectivity index (χ3v) is 5.94. The molecule has 0 atom stereocenters. The average molecular weight is 258 g/mol. The Kier molecular flexibility index (Phi) is 2.47. The standard InChI is InChI=1S/C17H22O2/c1-19-16-4-2-13(3-5-16)17(18)14-7-11-6-12(9-14)10-15(17)8-11/h2-5,11-12,14-15,18H,6-10H2,1H3. The van der Waals surface area contributed by atoms with Gasteiger partial charge in [-0.05, 0) is 73.5 Å². The lowest BCUT2D eigenvalue weighted by molar-refractivity contribution is -0.179. The van der Waals surface area contributed by atoms with Crippen molar-refractivity contribution in [3.8, 4) is 5.75 Å². The fourth-order valence-electron chi connectivity index (χ4n) is 5.23. The molecule has 4 saturated carbocycles. The normalized spacial score (nSPS) is 43.5. The molecule has 0 amide bonds. The summed E-state index contributed by atoms with van der Waals surface area (Å²) in [6.07, 6.45) is 6.35. The van der Waals surface area contributed by atoms with E-state index in [1.807, 2.05) is 12.1 Å². The fourth-order valence-corrected chi connectivity index (χ4v) is 5.23. The van der Waals surface area contributed by atoms with Crippen LogP contribution in [0.1, 0.15) is 37.7 Å². The van der Waals surface area contributed by atoms with Gasteiger partial charge >= 0.3 is 0 Å². The smallest absolute Gasteiger partial charge is 0.118 e. The summed E-state index contributed by atoms with van der Waals surface area (Å²) in [6, 6.07) is 8.11. The largest absolute Gasteiger partial charge is 0.497 e. The zero-order chi connectivity index (χ0) is 13.0. The SMILES string of the molecule is COc1ccc(C2(O)C3CC4CC(C3)CC2C4)cc1. The summed E-state index contributed by atoms with van der Waals surface area (Å²) >= 11 is 0. The fraction of sp³-hybridized carbons (Fsp3) is 0.647. The minimum atomic E-state index is -0.570. The number of rotatable bonds is 2. The molecule has 102 valence electrons. The number of ether oxygens (including phenoxy) is 1.